The lowest BCUT2D eigenvalue weighted by atomic mass is 10.3. The van der Waals surface area contributed by atoms with Gasteiger partial charge in [0.05, 0.1) is 6.61 Å². The molecule has 0 saturated heterocycles. The second kappa shape index (κ2) is 6.55. The zero-order valence-corrected chi connectivity index (χ0v) is 6.56. The minimum atomic E-state index is -0.198. The molecule has 0 aromatic heterocycles. The molecule has 0 amide bonds. The van der Waals surface area contributed by atoms with Gasteiger partial charge in [0.15, 0.2) is 6.54 Å². The van der Waals surface area contributed by atoms with Crippen molar-refractivity contribution >= 4 is 5.97 Å². The molecular formula is C7H16NO2+. The summed E-state index contributed by atoms with van der Waals surface area (Å²) in [6.07, 6.45) is 3.26. The van der Waals surface area contributed by atoms with E-state index in [4.69, 9.17) is 4.74 Å². The summed E-state index contributed by atoms with van der Waals surface area (Å²) in [6, 6.07) is 0. The third-order valence-electron chi connectivity index (χ3n) is 1.22. The third kappa shape index (κ3) is 5.56. The number of carbonyl (C=O) groups is 1. The Labute approximate surface area is 61.5 Å². The van der Waals surface area contributed by atoms with Gasteiger partial charge in [-0.1, -0.05) is 19.8 Å². The zero-order valence-electron chi connectivity index (χ0n) is 6.56. The molecule has 0 aromatic carbocycles. The van der Waals surface area contributed by atoms with Crippen molar-refractivity contribution in [3.05, 3.63) is 0 Å². The fraction of sp³-hybridized carbons (Fsp3) is 0.857. The van der Waals surface area contributed by atoms with Crippen molar-refractivity contribution in [3.8, 4) is 0 Å². The van der Waals surface area contributed by atoms with E-state index in [-0.39, 0.29) is 12.5 Å². The number of esters is 1. The first-order valence-electron chi connectivity index (χ1n) is 3.76. The Hall–Kier alpha value is -0.570. The van der Waals surface area contributed by atoms with Crippen molar-refractivity contribution in [1.29, 1.82) is 0 Å². The average Bonchev–Trinajstić information content (AvgIpc) is 1.98. The summed E-state index contributed by atoms with van der Waals surface area (Å²) in [7, 11) is 0. The molecule has 3 N–H and O–H groups in total. The highest BCUT2D eigenvalue weighted by molar-refractivity contribution is 5.69. The normalized spacial score (nSPS) is 9.40. The van der Waals surface area contributed by atoms with E-state index >= 15 is 0 Å². The Morgan fingerprint density at radius 2 is 2.20 bits per heavy atom. The summed E-state index contributed by atoms with van der Waals surface area (Å²) >= 11 is 0. The predicted molar refractivity (Wildman–Crippen MR) is 38.2 cm³/mol. The molecule has 0 aliphatic rings. The Morgan fingerprint density at radius 3 is 2.70 bits per heavy atom. The highest BCUT2D eigenvalue weighted by Gasteiger charge is 1.98. The maximum atomic E-state index is 10.5. The summed E-state index contributed by atoms with van der Waals surface area (Å²) in [4.78, 5) is 10.5. The van der Waals surface area contributed by atoms with E-state index in [1.807, 2.05) is 0 Å². The van der Waals surface area contributed by atoms with Crippen molar-refractivity contribution in [1.82, 2.24) is 0 Å². The van der Waals surface area contributed by atoms with Crippen molar-refractivity contribution in [3.63, 3.8) is 0 Å². The highest BCUT2D eigenvalue weighted by atomic mass is 16.5. The van der Waals surface area contributed by atoms with Crippen molar-refractivity contribution in [2.75, 3.05) is 13.2 Å². The Bertz CT molecular complexity index is 93.6. The van der Waals surface area contributed by atoms with Gasteiger partial charge in [-0.15, -0.1) is 0 Å². The lowest BCUT2D eigenvalue weighted by molar-refractivity contribution is -0.359. The summed E-state index contributed by atoms with van der Waals surface area (Å²) in [6.45, 7) is 2.91. The molecule has 0 aliphatic heterocycles. The monoisotopic (exact) mass is 146 g/mol. The SMILES string of the molecule is CCCCCOC(=O)C[NH3+]. The van der Waals surface area contributed by atoms with Gasteiger partial charge in [-0.05, 0) is 6.42 Å². The maximum absolute atomic E-state index is 10.5. The molecule has 0 atom stereocenters. The van der Waals surface area contributed by atoms with Gasteiger partial charge in [-0.3, -0.25) is 0 Å². The molecule has 0 heterocycles. The van der Waals surface area contributed by atoms with E-state index in [1.165, 1.54) is 0 Å². The van der Waals surface area contributed by atoms with Crippen LogP contribution in [0.15, 0.2) is 0 Å². The lowest BCUT2D eigenvalue weighted by Gasteiger charge is -1.99. The van der Waals surface area contributed by atoms with Crippen molar-refractivity contribution < 1.29 is 15.3 Å². The Kier molecular flexibility index (Phi) is 6.18. The van der Waals surface area contributed by atoms with Crippen molar-refractivity contribution in [2.24, 2.45) is 0 Å². The van der Waals surface area contributed by atoms with Gasteiger partial charge in [-0.2, -0.15) is 0 Å². The third-order valence-corrected chi connectivity index (χ3v) is 1.22. The van der Waals surface area contributed by atoms with Crippen LogP contribution in [0.25, 0.3) is 0 Å². The van der Waals surface area contributed by atoms with Crippen LogP contribution in [-0.2, 0) is 9.53 Å². The predicted octanol–water partition coefficient (Wildman–Crippen LogP) is -0.0383. The number of unbranched alkanes of at least 4 members (excludes halogenated alkanes) is 2. The molecule has 0 rings (SSSR count). The van der Waals surface area contributed by atoms with Crippen LogP contribution in [0.4, 0.5) is 0 Å². The van der Waals surface area contributed by atoms with Crippen LogP contribution in [0.2, 0.25) is 0 Å². The summed E-state index contributed by atoms with van der Waals surface area (Å²) < 4.78 is 4.79. The second-order valence-electron chi connectivity index (χ2n) is 2.18. The topological polar surface area (TPSA) is 53.9 Å². The van der Waals surface area contributed by atoms with Gasteiger partial charge < -0.3 is 10.5 Å². The fourth-order valence-corrected chi connectivity index (χ4v) is 0.610. The van der Waals surface area contributed by atoms with Gasteiger partial charge in [0, 0.05) is 0 Å². The van der Waals surface area contributed by atoms with Gasteiger partial charge in [-0.25, -0.2) is 4.79 Å². The van der Waals surface area contributed by atoms with E-state index in [9.17, 15) is 4.79 Å². The molecule has 10 heavy (non-hydrogen) atoms. The number of carbonyl (C=O) groups excluding carboxylic acids is 1. The van der Waals surface area contributed by atoms with E-state index < -0.39 is 0 Å². The van der Waals surface area contributed by atoms with E-state index in [0.29, 0.717) is 6.61 Å². The summed E-state index contributed by atoms with van der Waals surface area (Å²) in [5, 5.41) is 0. The average molecular weight is 146 g/mol. The Morgan fingerprint density at radius 1 is 1.50 bits per heavy atom. The molecule has 0 fully saturated rings. The first-order valence-corrected chi connectivity index (χ1v) is 3.76. The molecule has 0 spiro atoms. The zero-order chi connectivity index (χ0) is 7.82. The summed E-state index contributed by atoms with van der Waals surface area (Å²) in [5.41, 5.74) is 3.41. The van der Waals surface area contributed by atoms with Gasteiger partial charge in [0.1, 0.15) is 0 Å². The quantitative estimate of drug-likeness (QED) is 0.437. The van der Waals surface area contributed by atoms with Crippen LogP contribution in [0.5, 0.6) is 0 Å². The van der Waals surface area contributed by atoms with E-state index in [1.54, 1.807) is 0 Å². The number of rotatable bonds is 5. The Balaban J connectivity index is 2.96. The number of quaternary nitrogens is 1. The van der Waals surface area contributed by atoms with E-state index in [0.717, 1.165) is 19.3 Å². The van der Waals surface area contributed by atoms with Crippen LogP contribution in [0.3, 0.4) is 0 Å². The largest absolute Gasteiger partial charge is 0.462 e. The maximum Gasteiger partial charge on any atom is 0.361 e. The molecule has 0 bridgehead atoms. The van der Waals surface area contributed by atoms with Crippen LogP contribution in [0, 0.1) is 0 Å². The molecule has 0 unspecified atom stereocenters. The highest BCUT2D eigenvalue weighted by Crippen LogP contribution is 1.93. The number of hydrogen-bond donors (Lipinski definition) is 1. The molecule has 0 aliphatic carbocycles. The molecule has 0 saturated carbocycles. The van der Waals surface area contributed by atoms with Gasteiger partial charge in [0.2, 0.25) is 0 Å². The molecule has 60 valence electrons. The fourth-order valence-electron chi connectivity index (χ4n) is 0.610. The van der Waals surface area contributed by atoms with E-state index in [2.05, 4.69) is 12.7 Å². The van der Waals surface area contributed by atoms with Gasteiger partial charge in [0.25, 0.3) is 0 Å². The van der Waals surface area contributed by atoms with Gasteiger partial charge >= 0.3 is 5.97 Å². The minimum Gasteiger partial charge on any atom is -0.462 e. The lowest BCUT2D eigenvalue weighted by Crippen LogP contribution is -2.54. The molecule has 3 nitrogen and oxygen atoms in total. The number of hydrogen-bond acceptors (Lipinski definition) is 2. The van der Waals surface area contributed by atoms with Crippen LogP contribution in [0.1, 0.15) is 26.2 Å². The molecule has 0 aromatic rings. The molecular weight excluding hydrogens is 130 g/mol. The molecule has 0 radical (unpaired) electrons. The first-order chi connectivity index (χ1) is 4.81. The minimum absolute atomic E-state index is 0.198. The second-order valence-corrected chi connectivity index (χ2v) is 2.18. The van der Waals surface area contributed by atoms with Crippen LogP contribution < -0.4 is 5.73 Å². The standard InChI is InChI=1S/C7H15NO2/c1-2-3-4-5-10-7(9)6-8/h2-6,8H2,1H3/p+1. The number of ether oxygens (including phenoxy) is 1. The van der Waals surface area contributed by atoms with Crippen molar-refractivity contribution in [2.45, 2.75) is 26.2 Å². The molecule has 3 heteroatoms. The van der Waals surface area contributed by atoms with Crippen LogP contribution in [-0.4, -0.2) is 19.1 Å². The first kappa shape index (κ1) is 9.43. The van der Waals surface area contributed by atoms with Crippen LogP contribution >= 0.6 is 0 Å². The summed E-state index contributed by atoms with van der Waals surface area (Å²) in [5.74, 6) is -0.198. The smallest absolute Gasteiger partial charge is 0.361 e.